The number of anilines is 1. The maximum Gasteiger partial charge on any atom is 0.255 e. The van der Waals surface area contributed by atoms with Crippen molar-refractivity contribution < 1.29 is 4.79 Å². The van der Waals surface area contributed by atoms with E-state index >= 15 is 0 Å². The number of hydrogen-bond donors (Lipinski definition) is 2. The number of amides is 1. The SMILES string of the molecule is CNCc1ccc(NC(=O)c2ccc(Cl)c(Cl)c2)cc1. The van der Waals surface area contributed by atoms with Crippen molar-refractivity contribution in [1.29, 1.82) is 0 Å². The second-order valence-electron chi connectivity index (χ2n) is 4.31. The monoisotopic (exact) mass is 308 g/mol. The maximum absolute atomic E-state index is 12.1. The number of carbonyl (C=O) groups is 1. The smallest absolute Gasteiger partial charge is 0.255 e. The summed E-state index contributed by atoms with van der Waals surface area (Å²) in [6.07, 6.45) is 0. The minimum Gasteiger partial charge on any atom is -0.322 e. The topological polar surface area (TPSA) is 41.1 Å². The van der Waals surface area contributed by atoms with Gasteiger partial charge in [-0.1, -0.05) is 35.3 Å². The molecule has 0 aliphatic carbocycles. The Balaban J connectivity index is 2.08. The van der Waals surface area contributed by atoms with Crippen LogP contribution in [0.15, 0.2) is 42.5 Å². The highest BCUT2D eigenvalue weighted by molar-refractivity contribution is 6.42. The number of rotatable bonds is 4. The van der Waals surface area contributed by atoms with Crippen molar-refractivity contribution in [2.24, 2.45) is 0 Å². The summed E-state index contributed by atoms with van der Waals surface area (Å²) in [6.45, 7) is 0.793. The van der Waals surface area contributed by atoms with Crippen LogP contribution in [0.4, 0.5) is 5.69 Å². The molecule has 0 heterocycles. The molecule has 0 atom stereocenters. The van der Waals surface area contributed by atoms with Crippen LogP contribution in [0.5, 0.6) is 0 Å². The minimum atomic E-state index is -0.218. The van der Waals surface area contributed by atoms with Gasteiger partial charge in [0.25, 0.3) is 5.91 Å². The van der Waals surface area contributed by atoms with E-state index in [0.717, 1.165) is 17.8 Å². The van der Waals surface area contributed by atoms with E-state index in [1.165, 1.54) is 0 Å². The van der Waals surface area contributed by atoms with Gasteiger partial charge in [0.15, 0.2) is 0 Å². The first-order chi connectivity index (χ1) is 9.60. The van der Waals surface area contributed by atoms with E-state index in [1.807, 2.05) is 31.3 Å². The molecule has 104 valence electrons. The molecule has 3 nitrogen and oxygen atoms in total. The predicted molar refractivity (Wildman–Crippen MR) is 83.6 cm³/mol. The van der Waals surface area contributed by atoms with Crippen molar-refractivity contribution in [3.8, 4) is 0 Å². The predicted octanol–water partition coefficient (Wildman–Crippen LogP) is 3.97. The number of benzene rings is 2. The molecule has 5 heteroatoms. The zero-order valence-electron chi connectivity index (χ0n) is 10.9. The second kappa shape index (κ2) is 6.75. The van der Waals surface area contributed by atoms with Crippen LogP contribution in [0.3, 0.4) is 0 Å². The van der Waals surface area contributed by atoms with Gasteiger partial charge in [-0.15, -0.1) is 0 Å². The van der Waals surface area contributed by atoms with Crippen LogP contribution in [0.2, 0.25) is 10.0 Å². The molecule has 0 fully saturated rings. The zero-order valence-corrected chi connectivity index (χ0v) is 12.4. The van der Waals surface area contributed by atoms with Gasteiger partial charge in [-0.2, -0.15) is 0 Å². The molecular formula is C15H14Cl2N2O. The van der Waals surface area contributed by atoms with Crippen molar-refractivity contribution >= 4 is 34.8 Å². The lowest BCUT2D eigenvalue weighted by molar-refractivity contribution is 0.102. The van der Waals surface area contributed by atoms with Crippen LogP contribution < -0.4 is 10.6 Å². The van der Waals surface area contributed by atoms with Crippen molar-refractivity contribution in [2.75, 3.05) is 12.4 Å². The van der Waals surface area contributed by atoms with Gasteiger partial charge >= 0.3 is 0 Å². The van der Waals surface area contributed by atoms with E-state index in [9.17, 15) is 4.79 Å². The van der Waals surface area contributed by atoms with Crippen LogP contribution in [-0.4, -0.2) is 13.0 Å². The molecule has 0 aromatic heterocycles. The summed E-state index contributed by atoms with van der Waals surface area (Å²) in [5.41, 5.74) is 2.36. The van der Waals surface area contributed by atoms with Gasteiger partial charge in [-0.3, -0.25) is 4.79 Å². The van der Waals surface area contributed by atoms with Crippen LogP contribution in [-0.2, 0) is 6.54 Å². The van der Waals surface area contributed by atoms with Crippen LogP contribution >= 0.6 is 23.2 Å². The first-order valence-electron chi connectivity index (χ1n) is 6.10. The normalized spacial score (nSPS) is 10.3. The number of carbonyl (C=O) groups excluding carboxylic acids is 1. The molecule has 0 radical (unpaired) electrons. The third kappa shape index (κ3) is 3.73. The highest BCUT2D eigenvalue weighted by atomic mass is 35.5. The summed E-state index contributed by atoms with van der Waals surface area (Å²) in [6, 6.07) is 12.4. The fourth-order valence-electron chi connectivity index (χ4n) is 1.75. The maximum atomic E-state index is 12.1. The average molecular weight is 309 g/mol. The lowest BCUT2D eigenvalue weighted by Gasteiger charge is -2.07. The summed E-state index contributed by atoms with van der Waals surface area (Å²) < 4.78 is 0. The zero-order chi connectivity index (χ0) is 14.5. The summed E-state index contributed by atoms with van der Waals surface area (Å²) in [5.74, 6) is -0.218. The molecule has 2 rings (SSSR count). The Kier molecular flexibility index (Phi) is 5.01. The Hall–Kier alpha value is -1.55. The minimum absolute atomic E-state index is 0.218. The Morgan fingerprint density at radius 1 is 1.05 bits per heavy atom. The van der Waals surface area contributed by atoms with E-state index in [2.05, 4.69) is 10.6 Å². The molecule has 0 saturated carbocycles. The molecule has 20 heavy (non-hydrogen) atoms. The van der Waals surface area contributed by atoms with Gasteiger partial charge < -0.3 is 10.6 Å². The van der Waals surface area contributed by atoms with Crippen molar-refractivity contribution in [1.82, 2.24) is 5.32 Å². The highest BCUT2D eigenvalue weighted by Gasteiger charge is 2.08. The van der Waals surface area contributed by atoms with E-state index < -0.39 is 0 Å². The highest BCUT2D eigenvalue weighted by Crippen LogP contribution is 2.23. The van der Waals surface area contributed by atoms with E-state index in [4.69, 9.17) is 23.2 Å². The van der Waals surface area contributed by atoms with E-state index in [-0.39, 0.29) is 5.91 Å². The van der Waals surface area contributed by atoms with Gasteiger partial charge in [0, 0.05) is 17.8 Å². The number of hydrogen-bond acceptors (Lipinski definition) is 2. The lowest BCUT2D eigenvalue weighted by Crippen LogP contribution is -2.12. The summed E-state index contributed by atoms with van der Waals surface area (Å²) >= 11 is 11.7. The lowest BCUT2D eigenvalue weighted by atomic mass is 10.2. The third-order valence-electron chi connectivity index (χ3n) is 2.77. The summed E-state index contributed by atoms with van der Waals surface area (Å²) in [4.78, 5) is 12.1. The van der Waals surface area contributed by atoms with E-state index in [0.29, 0.717) is 15.6 Å². The van der Waals surface area contributed by atoms with Gasteiger partial charge in [0.2, 0.25) is 0 Å². The largest absolute Gasteiger partial charge is 0.322 e. The fraction of sp³-hybridized carbons (Fsp3) is 0.133. The Morgan fingerprint density at radius 2 is 1.75 bits per heavy atom. The molecule has 0 unspecified atom stereocenters. The number of halogens is 2. The summed E-state index contributed by atoms with van der Waals surface area (Å²) in [7, 11) is 1.89. The van der Waals surface area contributed by atoms with Gasteiger partial charge in [-0.25, -0.2) is 0 Å². The van der Waals surface area contributed by atoms with Crippen molar-refractivity contribution in [2.45, 2.75) is 6.54 Å². The van der Waals surface area contributed by atoms with Gasteiger partial charge in [-0.05, 0) is 42.9 Å². The standard InChI is InChI=1S/C15H14Cl2N2O/c1-18-9-10-2-5-12(6-3-10)19-15(20)11-4-7-13(16)14(17)8-11/h2-8,18H,9H2,1H3,(H,19,20). The molecule has 0 spiro atoms. The first-order valence-corrected chi connectivity index (χ1v) is 6.85. The molecule has 0 aliphatic heterocycles. The summed E-state index contributed by atoms with van der Waals surface area (Å²) in [5, 5.41) is 6.67. The van der Waals surface area contributed by atoms with Crippen LogP contribution in [0.25, 0.3) is 0 Å². The average Bonchev–Trinajstić information content (AvgIpc) is 2.44. The van der Waals surface area contributed by atoms with Crippen LogP contribution in [0, 0.1) is 0 Å². The molecule has 0 bridgehead atoms. The molecule has 1 amide bonds. The molecule has 2 N–H and O–H groups in total. The quantitative estimate of drug-likeness (QED) is 0.897. The molecular weight excluding hydrogens is 295 g/mol. The van der Waals surface area contributed by atoms with Gasteiger partial charge in [0.1, 0.15) is 0 Å². The van der Waals surface area contributed by atoms with E-state index in [1.54, 1.807) is 18.2 Å². The fourth-order valence-corrected chi connectivity index (χ4v) is 2.05. The molecule has 0 saturated heterocycles. The first kappa shape index (κ1) is 14.9. The molecule has 0 aliphatic rings. The Labute approximate surface area is 127 Å². The van der Waals surface area contributed by atoms with Gasteiger partial charge in [0.05, 0.1) is 10.0 Å². The van der Waals surface area contributed by atoms with Crippen LogP contribution in [0.1, 0.15) is 15.9 Å². The molecule has 2 aromatic carbocycles. The number of nitrogens with one attached hydrogen (secondary N) is 2. The Morgan fingerprint density at radius 3 is 2.35 bits per heavy atom. The van der Waals surface area contributed by atoms with Crippen molar-refractivity contribution in [3.05, 3.63) is 63.6 Å². The molecule has 2 aromatic rings. The second-order valence-corrected chi connectivity index (χ2v) is 5.12. The Bertz CT molecular complexity index is 612. The van der Waals surface area contributed by atoms with Crippen molar-refractivity contribution in [3.63, 3.8) is 0 Å². The third-order valence-corrected chi connectivity index (χ3v) is 3.51.